The Morgan fingerprint density at radius 1 is 1.48 bits per heavy atom. The smallest absolute Gasteiger partial charge is 0.220 e. The number of aliphatic hydroxyl groups is 1. The normalized spacial score (nSPS) is 9.95. The highest BCUT2D eigenvalue weighted by atomic mass is 32.1. The molecule has 0 aliphatic rings. The molecule has 0 radical (unpaired) electrons. The molecule has 110 valence electrons. The van der Waals surface area contributed by atoms with Crippen molar-refractivity contribution < 1.29 is 14.3 Å². The summed E-state index contributed by atoms with van der Waals surface area (Å²) >= 11 is 1.57. The van der Waals surface area contributed by atoms with E-state index in [0.717, 1.165) is 16.2 Å². The molecule has 2 rings (SSSR count). The number of rotatable bonds is 6. The number of carbonyl (C=O) groups is 1. The van der Waals surface area contributed by atoms with Crippen molar-refractivity contribution in [3.8, 4) is 11.8 Å². The van der Waals surface area contributed by atoms with Crippen LogP contribution in [0.1, 0.15) is 29.0 Å². The first-order chi connectivity index (χ1) is 10.3. The van der Waals surface area contributed by atoms with Crippen LogP contribution in [0.15, 0.2) is 34.3 Å². The second kappa shape index (κ2) is 8.30. The molecule has 2 heterocycles. The number of aryl methyl sites for hydroxylation is 1. The Balaban J connectivity index is 1.72. The summed E-state index contributed by atoms with van der Waals surface area (Å²) in [4.78, 5) is 12.8. The maximum absolute atomic E-state index is 11.7. The van der Waals surface area contributed by atoms with Crippen LogP contribution in [0.5, 0.6) is 0 Å². The SMILES string of the molecule is O=C(CCc1ccco1)NCc1cc(C#CCCO)cs1. The molecule has 0 unspecified atom stereocenters. The zero-order chi connectivity index (χ0) is 14.9. The third kappa shape index (κ3) is 5.46. The van der Waals surface area contributed by atoms with Crippen molar-refractivity contribution in [3.63, 3.8) is 0 Å². The topological polar surface area (TPSA) is 62.5 Å². The van der Waals surface area contributed by atoms with E-state index >= 15 is 0 Å². The predicted molar refractivity (Wildman–Crippen MR) is 81.8 cm³/mol. The molecule has 2 aromatic heterocycles. The fraction of sp³-hybridized carbons (Fsp3) is 0.312. The second-order valence-electron chi connectivity index (χ2n) is 4.43. The molecule has 0 aliphatic heterocycles. The lowest BCUT2D eigenvalue weighted by molar-refractivity contribution is -0.121. The van der Waals surface area contributed by atoms with E-state index in [1.807, 2.05) is 23.6 Å². The largest absolute Gasteiger partial charge is 0.469 e. The molecule has 4 nitrogen and oxygen atoms in total. The van der Waals surface area contributed by atoms with Gasteiger partial charge < -0.3 is 14.8 Å². The van der Waals surface area contributed by atoms with Crippen LogP contribution in [-0.2, 0) is 17.8 Å². The Morgan fingerprint density at radius 2 is 2.38 bits per heavy atom. The molecule has 0 bridgehead atoms. The van der Waals surface area contributed by atoms with E-state index in [-0.39, 0.29) is 12.5 Å². The van der Waals surface area contributed by atoms with Gasteiger partial charge in [-0.3, -0.25) is 4.79 Å². The lowest BCUT2D eigenvalue weighted by Gasteiger charge is -2.02. The Morgan fingerprint density at radius 3 is 3.14 bits per heavy atom. The predicted octanol–water partition coefficient (Wildman–Crippen LogP) is 2.32. The van der Waals surface area contributed by atoms with E-state index in [1.54, 1.807) is 17.6 Å². The minimum absolute atomic E-state index is 0.00714. The molecule has 2 N–H and O–H groups in total. The fourth-order valence-corrected chi connectivity index (χ4v) is 2.48. The number of hydrogen-bond donors (Lipinski definition) is 2. The zero-order valence-electron chi connectivity index (χ0n) is 11.6. The highest BCUT2D eigenvalue weighted by Gasteiger charge is 2.05. The Bertz CT molecular complexity index is 619. The number of thiophene rings is 1. The van der Waals surface area contributed by atoms with Gasteiger partial charge in [0.05, 0.1) is 19.4 Å². The number of hydrogen-bond acceptors (Lipinski definition) is 4. The Kier molecular flexibility index (Phi) is 6.07. The number of amides is 1. The summed E-state index contributed by atoms with van der Waals surface area (Å²) in [6.45, 7) is 0.596. The van der Waals surface area contributed by atoms with Gasteiger partial charge in [-0.2, -0.15) is 0 Å². The highest BCUT2D eigenvalue weighted by Crippen LogP contribution is 2.13. The molecule has 0 atom stereocenters. The third-order valence-electron chi connectivity index (χ3n) is 2.76. The average Bonchev–Trinajstić information content (AvgIpc) is 3.15. The van der Waals surface area contributed by atoms with Crippen molar-refractivity contribution >= 4 is 17.2 Å². The maximum Gasteiger partial charge on any atom is 0.220 e. The number of carbonyl (C=O) groups excluding carboxylic acids is 1. The maximum atomic E-state index is 11.7. The van der Waals surface area contributed by atoms with Crippen molar-refractivity contribution in [1.82, 2.24) is 5.32 Å². The molecule has 1 amide bonds. The molecular formula is C16H17NO3S. The van der Waals surface area contributed by atoms with Gasteiger partial charge in [-0.15, -0.1) is 11.3 Å². The van der Waals surface area contributed by atoms with Crippen LogP contribution in [0, 0.1) is 11.8 Å². The van der Waals surface area contributed by atoms with E-state index < -0.39 is 0 Å². The molecule has 0 saturated heterocycles. The van der Waals surface area contributed by atoms with Gasteiger partial charge in [0.15, 0.2) is 0 Å². The van der Waals surface area contributed by atoms with Crippen LogP contribution in [-0.4, -0.2) is 17.6 Å². The summed E-state index contributed by atoms with van der Waals surface area (Å²) in [5, 5.41) is 13.5. The quantitative estimate of drug-likeness (QED) is 0.805. The van der Waals surface area contributed by atoms with Gasteiger partial charge in [-0.25, -0.2) is 0 Å². The van der Waals surface area contributed by atoms with Crippen LogP contribution in [0.4, 0.5) is 0 Å². The number of nitrogens with one attached hydrogen (secondary N) is 1. The van der Waals surface area contributed by atoms with Gasteiger partial charge in [-0.05, 0) is 18.2 Å². The lowest BCUT2D eigenvalue weighted by Crippen LogP contribution is -2.22. The summed E-state index contributed by atoms with van der Waals surface area (Å²) < 4.78 is 5.19. The van der Waals surface area contributed by atoms with E-state index in [1.165, 1.54) is 0 Å². The van der Waals surface area contributed by atoms with Crippen molar-refractivity contribution in [2.75, 3.05) is 6.61 Å². The minimum Gasteiger partial charge on any atom is -0.469 e. The van der Waals surface area contributed by atoms with E-state index in [0.29, 0.717) is 25.8 Å². The molecule has 0 spiro atoms. The van der Waals surface area contributed by atoms with E-state index in [9.17, 15) is 4.79 Å². The monoisotopic (exact) mass is 303 g/mol. The molecular weight excluding hydrogens is 286 g/mol. The van der Waals surface area contributed by atoms with Crippen molar-refractivity contribution in [3.05, 3.63) is 46.0 Å². The van der Waals surface area contributed by atoms with Crippen LogP contribution < -0.4 is 5.32 Å². The van der Waals surface area contributed by atoms with Crippen molar-refractivity contribution in [2.45, 2.75) is 25.8 Å². The Labute approximate surface area is 127 Å². The van der Waals surface area contributed by atoms with Gasteiger partial charge in [0, 0.05) is 35.1 Å². The van der Waals surface area contributed by atoms with Crippen LogP contribution in [0.3, 0.4) is 0 Å². The summed E-state index contributed by atoms with van der Waals surface area (Å²) in [5.41, 5.74) is 0.924. The zero-order valence-corrected chi connectivity index (χ0v) is 12.4. The van der Waals surface area contributed by atoms with Crippen LogP contribution in [0.2, 0.25) is 0 Å². The van der Waals surface area contributed by atoms with E-state index in [2.05, 4.69) is 17.2 Å². The summed E-state index contributed by atoms with van der Waals surface area (Å²) in [6, 6.07) is 5.64. The number of furan rings is 1. The number of aliphatic hydroxyl groups excluding tert-OH is 1. The van der Waals surface area contributed by atoms with Crippen LogP contribution >= 0.6 is 11.3 Å². The molecule has 2 aromatic rings. The highest BCUT2D eigenvalue weighted by molar-refractivity contribution is 7.10. The van der Waals surface area contributed by atoms with Gasteiger partial charge in [-0.1, -0.05) is 11.8 Å². The molecule has 0 fully saturated rings. The standard InChI is InChI=1S/C16H17NO3S/c18-8-2-1-4-13-10-15(21-12-13)11-17-16(19)7-6-14-5-3-9-20-14/h3,5,9-10,12,18H,2,6-8,11H2,(H,17,19). The first-order valence-corrected chi connectivity index (χ1v) is 7.62. The van der Waals surface area contributed by atoms with Crippen molar-refractivity contribution in [2.24, 2.45) is 0 Å². The summed E-state index contributed by atoms with van der Waals surface area (Å²) in [5.74, 6) is 6.68. The first kappa shape index (κ1) is 15.4. The molecule has 0 saturated carbocycles. The summed E-state index contributed by atoms with van der Waals surface area (Å²) in [6.07, 6.45) is 3.12. The molecule has 5 heteroatoms. The second-order valence-corrected chi connectivity index (χ2v) is 5.43. The molecule has 0 aromatic carbocycles. The van der Waals surface area contributed by atoms with Crippen LogP contribution in [0.25, 0.3) is 0 Å². The molecule has 0 aliphatic carbocycles. The van der Waals surface area contributed by atoms with Gasteiger partial charge in [0.25, 0.3) is 0 Å². The van der Waals surface area contributed by atoms with Gasteiger partial charge >= 0.3 is 0 Å². The lowest BCUT2D eigenvalue weighted by atomic mass is 10.2. The van der Waals surface area contributed by atoms with Gasteiger partial charge in [0.1, 0.15) is 5.76 Å². The van der Waals surface area contributed by atoms with Gasteiger partial charge in [0.2, 0.25) is 5.91 Å². The fourth-order valence-electron chi connectivity index (χ4n) is 1.73. The molecule has 21 heavy (non-hydrogen) atoms. The summed E-state index contributed by atoms with van der Waals surface area (Å²) in [7, 11) is 0. The van der Waals surface area contributed by atoms with E-state index in [4.69, 9.17) is 9.52 Å². The van der Waals surface area contributed by atoms with Crippen molar-refractivity contribution in [1.29, 1.82) is 0 Å². The minimum atomic E-state index is 0.00714. The average molecular weight is 303 g/mol. The Hall–Kier alpha value is -2.03. The first-order valence-electron chi connectivity index (χ1n) is 6.74. The third-order valence-corrected chi connectivity index (χ3v) is 3.70.